The van der Waals surface area contributed by atoms with E-state index >= 15 is 0 Å². The first-order valence-electron chi connectivity index (χ1n) is 7.52. The molecule has 0 radical (unpaired) electrons. The molecule has 1 unspecified atom stereocenters. The molecule has 2 aromatic carbocycles. The van der Waals surface area contributed by atoms with E-state index in [4.69, 9.17) is 19.9 Å². The molecule has 0 saturated carbocycles. The van der Waals surface area contributed by atoms with Gasteiger partial charge in [0, 0.05) is 6.07 Å². The third-order valence-electron chi connectivity index (χ3n) is 3.52. The van der Waals surface area contributed by atoms with Gasteiger partial charge in [-0.15, -0.1) is 0 Å². The number of nitrogens with two attached hydrogens (primary N) is 1. The molecule has 2 aromatic rings. The van der Waals surface area contributed by atoms with Crippen LogP contribution in [-0.2, 0) is 16.1 Å². The second kappa shape index (κ2) is 8.21. The van der Waals surface area contributed by atoms with E-state index in [2.05, 4.69) is 5.32 Å². The fourth-order valence-electron chi connectivity index (χ4n) is 2.06. The Bertz CT molecular complexity index is 703. The van der Waals surface area contributed by atoms with Gasteiger partial charge in [0.25, 0.3) is 5.91 Å². The molecule has 3 N–H and O–H groups in total. The van der Waals surface area contributed by atoms with Crippen molar-refractivity contribution in [2.45, 2.75) is 19.6 Å². The molecule has 0 spiro atoms. The Balaban J connectivity index is 1.94. The van der Waals surface area contributed by atoms with E-state index in [-0.39, 0.29) is 5.91 Å². The molecule has 6 nitrogen and oxygen atoms in total. The molecule has 0 bridgehead atoms. The van der Waals surface area contributed by atoms with Gasteiger partial charge in [0.05, 0.1) is 32.2 Å². The average Bonchev–Trinajstić information content (AvgIpc) is 2.61. The molecule has 0 aromatic heterocycles. The Morgan fingerprint density at radius 1 is 1.12 bits per heavy atom. The molecule has 128 valence electrons. The van der Waals surface area contributed by atoms with Crippen molar-refractivity contribution in [3.8, 4) is 11.5 Å². The molecule has 1 amide bonds. The molecule has 1 atom stereocenters. The van der Waals surface area contributed by atoms with Crippen LogP contribution in [0, 0.1) is 0 Å². The lowest BCUT2D eigenvalue weighted by molar-refractivity contribution is -0.127. The maximum absolute atomic E-state index is 12.3. The van der Waals surface area contributed by atoms with Gasteiger partial charge in [0.2, 0.25) is 0 Å². The van der Waals surface area contributed by atoms with Crippen LogP contribution >= 0.6 is 0 Å². The van der Waals surface area contributed by atoms with E-state index in [1.807, 2.05) is 24.3 Å². The number of carbonyl (C=O) groups is 1. The van der Waals surface area contributed by atoms with E-state index in [1.165, 1.54) is 0 Å². The van der Waals surface area contributed by atoms with Gasteiger partial charge in [0.15, 0.2) is 0 Å². The Morgan fingerprint density at radius 2 is 1.83 bits per heavy atom. The summed E-state index contributed by atoms with van der Waals surface area (Å²) in [5.74, 6) is 1.08. The molecule has 24 heavy (non-hydrogen) atoms. The molecule has 0 heterocycles. The highest BCUT2D eigenvalue weighted by molar-refractivity contribution is 5.96. The van der Waals surface area contributed by atoms with Crippen molar-refractivity contribution in [1.29, 1.82) is 0 Å². The zero-order valence-electron chi connectivity index (χ0n) is 14.0. The first kappa shape index (κ1) is 17.6. The van der Waals surface area contributed by atoms with Crippen molar-refractivity contribution in [3.63, 3.8) is 0 Å². The second-order valence-corrected chi connectivity index (χ2v) is 5.25. The molecular weight excluding hydrogens is 308 g/mol. The van der Waals surface area contributed by atoms with Gasteiger partial charge >= 0.3 is 0 Å². The summed E-state index contributed by atoms with van der Waals surface area (Å²) < 4.78 is 15.9. The zero-order valence-corrected chi connectivity index (χ0v) is 14.0. The number of amides is 1. The number of methoxy groups -OCH3 is 2. The lowest BCUT2D eigenvalue weighted by atomic mass is 10.2. The monoisotopic (exact) mass is 330 g/mol. The molecule has 0 aliphatic heterocycles. The lowest BCUT2D eigenvalue weighted by Crippen LogP contribution is -2.28. The van der Waals surface area contributed by atoms with Crippen LogP contribution < -0.4 is 20.5 Å². The van der Waals surface area contributed by atoms with Crippen LogP contribution in [0.1, 0.15) is 12.5 Å². The molecule has 2 rings (SSSR count). The summed E-state index contributed by atoms with van der Waals surface area (Å²) in [5.41, 5.74) is 7.75. The Morgan fingerprint density at radius 3 is 2.54 bits per heavy atom. The fourth-order valence-corrected chi connectivity index (χ4v) is 2.06. The van der Waals surface area contributed by atoms with E-state index in [0.717, 1.165) is 11.3 Å². The summed E-state index contributed by atoms with van der Waals surface area (Å²) in [6.45, 7) is 1.99. The SMILES string of the molecule is COc1cccc(COC(C)C(=O)Nc2cc(OC)ccc2N)c1. The van der Waals surface area contributed by atoms with Crippen LogP contribution in [0.25, 0.3) is 0 Å². The Kier molecular flexibility index (Phi) is 6.03. The number of anilines is 2. The van der Waals surface area contributed by atoms with E-state index in [0.29, 0.717) is 23.7 Å². The highest BCUT2D eigenvalue weighted by Gasteiger charge is 2.15. The van der Waals surface area contributed by atoms with E-state index in [9.17, 15) is 4.79 Å². The smallest absolute Gasteiger partial charge is 0.253 e. The number of hydrogen-bond donors (Lipinski definition) is 2. The van der Waals surface area contributed by atoms with Crippen molar-refractivity contribution in [1.82, 2.24) is 0 Å². The number of rotatable bonds is 7. The van der Waals surface area contributed by atoms with Gasteiger partial charge in [0.1, 0.15) is 17.6 Å². The summed E-state index contributed by atoms with van der Waals surface area (Å²) in [5, 5.41) is 2.75. The number of nitrogens with one attached hydrogen (secondary N) is 1. The second-order valence-electron chi connectivity index (χ2n) is 5.25. The van der Waals surface area contributed by atoms with E-state index in [1.54, 1.807) is 39.3 Å². The molecule has 0 saturated heterocycles. The minimum Gasteiger partial charge on any atom is -0.497 e. The molecule has 0 aliphatic rings. The maximum atomic E-state index is 12.3. The molecule has 0 fully saturated rings. The summed E-state index contributed by atoms with van der Waals surface area (Å²) in [6.07, 6.45) is -0.637. The normalized spacial score (nSPS) is 11.6. The number of nitrogen functional groups attached to an aromatic ring is 1. The predicted molar refractivity (Wildman–Crippen MR) is 93.3 cm³/mol. The number of hydrogen-bond acceptors (Lipinski definition) is 5. The van der Waals surface area contributed by atoms with Gasteiger partial charge in [-0.1, -0.05) is 12.1 Å². The number of ether oxygens (including phenoxy) is 3. The third kappa shape index (κ3) is 4.63. The van der Waals surface area contributed by atoms with Gasteiger partial charge in [-0.05, 0) is 36.8 Å². The molecule has 0 aliphatic carbocycles. The Hall–Kier alpha value is -2.73. The van der Waals surface area contributed by atoms with Crippen LogP contribution in [0.15, 0.2) is 42.5 Å². The first-order valence-corrected chi connectivity index (χ1v) is 7.52. The largest absolute Gasteiger partial charge is 0.497 e. The minimum absolute atomic E-state index is 0.280. The van der Waals surface area contributed by atoms with Crippen LogP contribution in [0.2, 0.25) is 0 Å². The maximum Gasteiger partial charge on any atom is 0.253 e. The van der Waals surface area contributed by atoms with E-state index < -0.39 is 6.10 Å². The summed E-state index contributed by atoms with van der Waals surface area (Å²) >= 11 is 0. The highest BCUT2D eigenvalue weighted by Crippen LogP contribution is 2.24. The fraction of sp³-hybridized carbons (Fsp3) is 0.278. The van der Waals surface area contributed by atoms with Gasteiger partial charge in [-0.2, -0.15) is 0 Å². The van der Waals surface area contributed by atoms with Crippen molar-refractivity contribution in [3.05, 3.63) is 48.0 Å². The van der Waals surface area contributed by atoms with Crippen molar-refractivity contribution >= 4 is 17.3 Å². The predicted octanol–water partition coefficient (Wildman–Crippen LogP) is 2.83. The van der Waals surface area contributed by atoms with Crippen molar-refractivity contribution in [2.24, 2.45) is 0 Å². The standard InChI is InChI=1S/C18H22N2O4/c1-12(24-11-13-5-4-6-14(9-13)22-2)18(21)20-17-10-15(23-3)7-8-16(17)19/h4-10,12H,11,19H2,1-3H3,(H,20,21). The number of carbonyl (C=O) groups excluding carboxylic acids is 1. The van der Waals surface area contributed by atoms with Crippen LogP contribution in [0.5, 0.6) is 11.5 Å². The molecule has 6 heteroatoms. The summed E-state index contributed by atoms with van der Waals surface area (Å²) in [4.78, 5) is 12.3. The van der Waals surface area contributed by atoms with Crippen molar-refractivity contribution < 1.29 is 19.0 Å². The molecular formula is C18H22N2O4. The van der Waals surface area contributed by atoms with Crippen LogP contribution in [-0.4, -0.2) is 26.2 Å². The highest BCUT2D eigenvalue weighted by atomic mass is 16.5. The van der Waals surface area contributed by atoms with Crippen LogP contribution in [0.3, 0.4) is 0 Å². The number of benzene rings is 2. The minimum atomic E-state index is -0.637. The van der Waals surface area contributed by atoms with Gasteiger partial charge in [-0.3, -0.25) is 4.79 Å². The average molecular weight is 330 g/mol. The first-order chi connectivity index (χ1) is 11.5. The van der Waals surface area contributed by atoms with Gasteiger partial charge < -0.3 is 25.3 Å². The summed E-state index contributed by atoms with van der Waals surface area (Å²) in [7, 11) is 3.16. The quantitative estimate of drug-likeness (QED) is 0.763. The summed E-state index contributed by atoms with van der Waals surface area (Å²) in [6, 6.07) is 12.6. The lowest BCUT2D eigenvalue weighted by Gasteiger charge is -2.15. The Labute approximate surface area is 141 Å². The van der Waals surface area contributed by atoms with Gasteiger partial charge in [-0.25, -0.2) is 0 Å². The van der Waals surface area contributed by atoms with Crippen LogP contribution in [0.4, 0.5) is 11.4 Å². The third-order valence-corrected chi connectivity index (χ3v) is 3.52. The topological polar surface area (TPSA) is 82.8 Å². The van der Waals surface area contributed by atoms with Crippen molar-refractivity contribution in [2.75, 3.05) is 25.3 Å². The zero-order chi connectivity index (χ0) is 17.5.